The van der Waals surface area contributed by atoms with Gasteiger partial charge in [0.25, 0.3) is 0 Å². The van der Waals surface area contributed by atoms with Crippen LogP contribution in [-0.2, 0) is 55.6 Å². The third kappa shape index (κ3) is 10.0. The van der Waals surface area contributed by atoms with Crippen molar-refractivity contribution in [2.45, 2.75) is 55.6 Å². The van der Waals surface area contributed by atoms with Gasteiger partial charge in [0.1, 0.15) is 54.6 Å². The van der Waals surface area contributed by atoms with Crippen LogP contribution in [0.5, 0.6) is 0 Å². The number of halogens is 27. The van der Waals surface area contributed by atoms with Crippen LogP contribution in [0.1, 0.15) is 100 Å². The fourth-order valence-corrected chi connectivity index (χ4v) is 7.87. The number of allylic oxidation sites excluding steroid dienone is 6. The molecule has 1 fully saturated rings. The van der Waals surface area contributed by atoms with Gasteiger partial charge in [-0.1, -0.05) is 0 Å². The Hall–Kier alpha value is -9.60. The van der Waals surface area contributed by atoms with E-state index in [9.17, 15) is 166 Å². The van der Waals surface area contributed by atoms with E-state index in [0.29, 0.717) is 18.2 Å². The SMILES string of the molecule is N#CC(=C1C(=C(C#N)c2c(C#N)c(C(F)(F)F)c(C(F)(F)F)c(C(F)(F)F)c2C#N)C1=C(C#N)c1c(C#N)c(C(F)(F)F)c(C(F)(F)F)c(C(F)(F)F)c1C#N)c1c(C#N)c(C(F)(F)F)c(C(F)(F)F)c(C(F)(F)F)c1C#N. The Balaban J connectivity index is 2.89. The first-order chi connectivity index (χ1) is 35.1. The highest BCUT2D eigenvalue weighted by Crippen LogP contribution is 2.62. The van der Waals surface area contributed by atoms with Crippen LogP contribution in [0.3, 0.4) is 0 Å². The Bertz CT molecular complexity index is 3120. The Kier molecular flexibility index (Phi) is 14.8. The van der Waals surface area contributed by atoms with Gasteiger partial charge in [-0.05, 0) is 0 Å². The predicted molar refractivity (Wildman–Crippen MR) is 190 cm³/mol. The molecule has 0 aliphatic heterocycles. The van der Waals surface area contributed by atoms with Gasteiger partial charge < -0.3 is 0 Å². The zero-order chi connectivity index (χ0) is 60.7. The monoisotopic (exact) mass is 1140 g/mol. The van der Waals surface area contributed by atoms with Crippen molar-refractivity contribution in [2.75, 3.05) is 0 Å². The summed E-state index contributed by atoms with van der Waals surface area (Å²) in [6.45, 7) is 0. The van der Waals surface area contributed by atoms with Crippen LogP contribution < -0.4 is 0 Å². The molecule has 0 atom stereocenters. The second kappa shape index (κ2) is 18.9. The molecule has 3 aromatic rings. The number of nitrogens with zero attached hydrogens (tertiary/aromatic N) is 9. The fourth-order valence-electron chi connectivity index (χ4n) is 7.87. The third-order valence-corrected chi connectivity index (χ3v) is 10.2. The maximum atomic E-state index is 14.7. The van der Waals surface area contributed by atoms with Gasteiger partial charge in [-0.3, -0.25) is 0 Å². The largest absolute Gasteiger partial charge is 0.418 e. The van der Waals surface area contributed by atoms with Crippen molar-refractivity contribution < 1.29 is 119 Å². The maximum absolute atomic E-state index is 14.7. The van der Waals surface area contributed by atoms with Crippen molar-refractivity contribution >= 4 is 16.7 Å². The average molecular weight is 1140 g/mol. The number of benzene rings is 3. The standard InChI is InChI=1S/C42F27N9/c43-34(44,45)25-13(4-73)19(14(5-74)26(35(46,47)48)31(25)40(61,62)63)10(1-70)22-23(11(2-71)20-15(6-75)27(36(49,50)51)32(41(64,65)66)28(16(20)7-76)37(52,53)54)24(22)12(3-72)21-17(8-77)29(38(55,56)57)33(42(67,68)69)30(18(21)9-78)39(58,59)60. The molecule has 0 aromatic heterocycles. The van der Waals surface area contributed by atoms with Gasteiger partial charge in [-0.25, -0.2) is 0 Å². The van der Waals surface area contributed by atoms with E-state index in [2.05, 4.69) is 0 Å². The lowest BCUT2D eigenvalue weighted by Crippen LogP contribution is -2.27. The van der Waals surface area contributed by atoms with Crippen molar-refractivity contribution in [3.8, 4) is 54.6 Å². The summed E-state index contributed by atoms with van der Waals surface area (Å²) in [5, 5.41) is 90.5. The summed E-state index contributed by atoms with van der Waals surface area (Å²) in [5.74, 6) is 0. The molecule has 78 heavy (non-hydrogen) atoms. The molecule has 1 aliphatic carbocycles. The first kappa shape index (κ1) is 61.0. The van der Waals surface area contributed by atoms with Crippen molar-refractivity contribution in [1.82, 2.24) is 0 Å². The topological polar surface area (TPSA) is 214 Å². The van der Waals surface area contributed by atoms with Crippen LogP contribution in [-0.4, -0.2) is 0 Å². The molecule has 36 heteroatoms. The molecule has 402 valence electrons. The van der Waals surface area contributed by atoms with E-state index in [1.165, 1.54) is 0 Å². The minimum atomic E-state index is -7.09. The van der Waals surface area contributed by atoms with Crippen molar-refractivity contribution in [3.63, 3.8) is 0 Å². The number of nitriles is 9. The zero-order valence-corrected chi connectivity index (χ0v) is 35.2. The van der Waals surface area contributed by atoms with Crippen molar-refractivity contribution in [1.29, 1.82) is 47.4 Å². The molecule has 0 bridgehead atoms. The number of hydrogen-bond donors (Lipinski definition) is 0. The highest BCUT2D eigenvalue weighted by Gasteiger charge is 2.59. The van der Waals surface area contributed by atoms with E-state index in [1.807, 2.05) is 0 Å². The lowest BCUT2D eigenvalue weighted by Gasteiger charge is -2.25. The molecule has 0 saturated heterocycles. The van der Waals surface area contributed by atoms with E-state index in [1.54, 1.807) is 0 Å². The summed E-state index contributed by atoms with van der Waals surface area (Å²) in [6.07, 6.45) is -63.7. The van der Waals surface area contributed by atoms with Crippen LogP contribution in [0, 0.1) is 102 Å². The molecule has 3 aromatic carbocycles. The molecule has 9 nitrogen and oxygen atoms in total. The molecule has 0 amide bonds. The lowest BCUT2D eigenvalue weighted by molar-refractivity contribution is -0.175. The highest BCUT2D eigenvalue weighted by molar-refractivity contribution is 6.14. The van der Waals surface area contributed by atoms with Gasteiger partial charge in [0.2, 0.25) is 0 Å². The van der Waals surface area contributed by atoms with E-state index in [4.69, 9.17) is 0 Å². The molecule has 0 N–H and O–H groups in total. The quantitative estimate of drug-likeness (QED) is 0.180. The molecule has 0 heterocycles. The predicted octanol–water partition coefficient (Wildman–Crippen LogP) is 14.3. The van der Waals surface area contributed by atoms with Crippen molar-refractivity contribution in [2.24, 2.45) is 0 Å². The van der Waals surface area contributed by atoms with Crippen LogP contribution in [0.2, 0.25) is 0 Å². The normalized spacial score (nSPS) is 13.4. The minimum absolute atomic E-state index is 0.152. The first-order valence-electron chi connectivity index (χ1n) is 18.4. The van der Waals surface area contributed by atoms with Crippen LogP contribution in [0.4, 0.5) is 119 Å². The molecule has 0 unspecified atom stereocenters. The molecular formula is C42F27N9. The summed E-state index contributed by atoms with van der Waals surface area (Å²) in [5.41, 5.74) is -79.3. The number of rotatable bonds is 3. The summed E-state index contributed by atoms with van der Waals surface area (Å²) in [6, 6.07) is 2.05. The first-order valence-corrected chi connectivity index (χ1v) is 18.4. The van der Waals surface area contributed by atoms with Gasteiger partial charge >= 0.3 is 55.6 Å². The molecule has 0 spiro atoms. The second-order valence-electron chi connectivity index (χ2n) is 14.5. The molecular weight excluding hydrogens is 1140 g/mol. The number of alkyl halides is 27. The van der Waals surface area contributed by atoms with Crippen molar-refractivity contribution in [3.05, 3.63) is 117 Å². The molecule has 0 radical (unpaired) electrons. The summed E-state index contributed by atoms with van der Waals surface area (Å²) < 4.78 is 394. The molecule has 4 rings (SSSR count). The smallest absolute Gasteiger partial charge is 0.192 e. The minimum Gasteiger partial charge on any atom is -0.192 e. The Morgan fingerprint density at radius 1 is 0.205 bits per heavy atom. The lowest BCUT2D eigenvalue weighted by atomic mass is 9.82. The van der Waals surface area contributed by atoms with E-state index >= 15 is 0 Å². The molecule has 1 aliphatic rings. The van der Waals surface area contributed by atoms with E-state index in [-0.39, 0.29) is 36.4 Å². The number of hydrogen-bond acceptors (Lipinski definition) is 9. The molecule has 1 saturated carbocycles. The van der Waals surface area contributed by atoms with Crippen LogP contribution in [0.25, 0.3) is 16.7 Å². The summed E-state index contributed by atoms with van der Waals surface area (Å²) >= 11 is 0. The third-order valence-electron chi connectivity index (χ3n) is 10.2. The van der Waals surface area contributed by atoms with Gasteiger partial charge in [0.15, 0.2) is 0 Å². The van der Waals surface area contributed by atoms with Gasteiger partial charge in [0, 0.05) is 33.4 Å². The van der Waals surface area contributed by atoms with Gasteiger partial charge in [-0.2, -0.15) is 166 Å². The Labute approximate surface area is 409 Å². The average Bonchev–Trinajstić information content (AvgIpc) is 3.98. The summed E-state index contributed by atoms with van der Waals surface area (Å²) in [7, 11) is 0. The van der Waals surface area contributed by atoms with E-state index < -0.39 is 189 Å². The van der Waals surface area contributed by atoms with Gasteiger partial charge in [0.05, 0.1) is 100 Å². The summed E-state index contributed by atoms with van der Waals surface area (Å²) in [4.78, 5) is 0. The van der Waals surface area contributed by atoms with E-state index in [0.717, 1.165) is 0 Å². The van der Waals surface area contributed by atoms with Gasteiger partial charge in [-0.15, -0.1) is 0 Å². The van der Waals surface area contributed by atoms with Crippen LogP contribution >= 0.6 is 0 Å². The highest BCUT2D eigenvalue weighted by atomic mass is 19.4. The Morgan fingerprint density at radius 2 is 0.321 bits per heavy atom. The second-order valence-corrected chi connectivity index (χ2v) is 14.5. The Morgan fingerprint density at radius 3 is 0.397 bits per heavy atom. The zero-order valence-electron chi connectivity index (χ0n) is 35.2. The fraction of sp³-hybridized carbons (Fsp3) is 0.214. The van der Waals surface area contributed by atoms with Crippen LogP contribution in [0.15, 0.2) is 16.7 Å². The maximum Gasteiger partial charge on any atom is 0.418 e.